The van der Waals surface area contributed by atoms with Crippen molar-refractivity contribution in [3.8, 4) is 11.5 Å². The Bertz CT molecular complexity index is 1070. The largest absolute Gasteiger partial charge is 0.493 e. The average Bonchev–Trinajstić information content (AvgIpc) is 3.18. The highest BCUT2D eigenvalue weighted by Crippen LogP contribution is 2.41. The van der Waals surface area contributed by atoms with Crippen LogP contribution in [0.25, 0.3) is 0 Å². The Morgan fingerprint density at radius 2 is 1.79 bits per heavy atom. The van der Waals surface area contributed by atoms with Crippen molar-refractivity contribution in [2.45, 2.75) is 11.3 Å². The second kappa shape index (κ2) is 7.72. The van der Waals surface area contributed by atoms with Crippen molar-refractivity contribution in [3.05, 3.63) is 54.1 Å². The van der Waals surface area contributed by atoms with E-state index in [9.17, 15) is 13.2 Å². The molecule has 2 aromatic rings. The molecule has 2 heterocycles. The van der Waals surface area contributed by atoms with Crippen LogP contribution in [-0.4, -0.2) is 56.5 Å². The van der Waals surface area contributed by atoms with Gasteiger partial charge in [-0.3, -0.25) is 4.79 Å². The molecule has 29 heavy (non-hydrogen) atoms. The highest BCUT2D eigenvalue weighted by atomic mass is 32.2. The van der Waals surface area contributed by atoms with Crippen LogP contribution in [0.1, 0.15) is 10.4 Å². The van der Waals surface area contributed by atoms with E-state index in [1.807, 2.05) is 35.2 Å². The van der Waals surface area contributed by atoms with Gasteiger partial charge in [-0.05, 0) is 30.3 Å². The molecule has 0 N–H and O–H groups in total. The topological polar surface area (TPSA) is 85.3 Å². The van der Waals surface area contributed by atoms with Gasteiger partial charge >= 0.3 is 0 Å². The van der Waals surface area contributed by atoms with Gasteiger partial charge in [0, 0.05) is 16.5 Å². The lowest BCUT2D eigenvalue weighted by molar-refractivity contribution is 0.100. The molecular formula is C20H20N2O5S2. The number of para-hydroxylation sites is 1. The van der Waals surface area contributed by atoms with Gasteiger partial charge in [0.2, 0.25) is 0 Å². The van der Waals surface area contributed by atoms with E-state index in [-0.39, 0.29) is 22.8 Å². The predicted molar refractivity (Wildman–Crippen MR) is 114 cm³/mol. The van der Waals surface area contributed by atoms with E-state index in [1.54, 1.807) is 18.2 Å². The number of ether oxygens (including phenoxy) is 2. The van der Waals surface area contributed by atoms with Gasteiger partial charge in [-0.2, -0.15) is 4.99 Å². The lowest BCUT2D eigenvalue weighted by atomic mass is 10.2. The summed E-state index contributed by atoms with van der Waals surface area (Å²) in [6, 6.07) is 14.1. The van der Waals surface area contributed by atoms with Crippen LogP contribution in [0.5, 0.6) is 11.5 Å². The van der Waals surface area contributed by atoms with Gasteiger partial charge in [0.15, 0.2) is 26.5 Å². The Morgan fingerprint density at radius 1 is 1.07 bits per heavy atom. The number of fused-ring (bicyclic) bond motifs is 1. The van der Waals surface area contributed by atoms with E-state index >= 15 is 0 Å². The SMILES string of the molecule is COc1ccc(C(=O)N=C2SC3CS(=O)(=O)CC3N2c2ccccc2)cc1OC. The van der Waals surface area contributed by atoms with Crippen molar-refractivity contribution in [3.63, 3.8) is 0 Å². The van der Waals surface area contributed by atoms with Gasteiger partial charge in [-0.25, -0.2) is 8.42 Å². The van der Waals surface area contributed by atoms with Gasteiger partial charge in [-0.1, -0.05) is 30.0 Å². The molecule has 2 unspecified atom stereocenters. The highest BCUT2D eigenvalue weighted by molar-refractivity contribution is 8.16. The molecule has 1 amide bonds. The smallest absolute Gasteiger partial charge is 0.279 e. The number of thioether (sulfide) groups is 1. The van der Waals surface area contributed by atoms with Gasteiger partial charge in [0.1, 0.15) is 0 Å². The van der Waals surface area contributed by atoms with Gasteiger partial charge < -0.3 is 14.4 Å². The molecule has 0 bridgehead atoms. The van der Waals surface area contributed by atoms with E-state index in [0.29, 0.717) is 22.2 Å². The van der Waals surface area contributed by atoms with Crippen molar-refractivity contribution >= 4 is 38.4 Å². The summed E-state index contributed by atoms with van der Waals surface area (Å²) in [5, 5.41) is 0.373. The predicted octanol–water partition coefficient (Wildman–Crippen LogP) is 2.62. The maximum Gasteiger partial charge on any atom is 0.279 e. The van der Waals surface area contributed by atoms with Crippen molar-refractivity contribution in [1.29, 1.82) is 0 Å². The zero-order chi connectivity index (χ0) is 20.6. The number of carbonyl (C=O) groups is 1. The number of amides is 1. The minimum atomic E-state index is -3.10. The van der Waals surface area contributed by atoms with Crippen molar-refractivity contribution in [1.82, 2.24) is 0 Å². The summed E-state index contributed by atoms with van der Waals surface area (Å²) in [6.45, 7) is 0. The number of rotatable bonds is 4. The number of sulfone groups is 1. The Morgan fingerprint density at radius 3 is 2.48 bits per heavy atom. The molecule has 2 aliphatic heterocycles. The summed E-state index contributed by atoms with van der Waals surface area (Å²) in [5.41, 5.74) is 1.19. The summed E-state index contributed by atoms with van der Waals surface area (Å²) >= 11 is 1.35. The fraction of sp³-hybridized carbons (Fsp3) is 0.300. The lowest BCUT2D eigenvalue weighted by Crippen LogP contribution is -2.37. The third-order valence-corrected chi connectivity index (χ3v) is 8.14. The summed E-state index contributed by atoms with van der Waals surface area (Å²) in [4.78, 5) is 19.1. The van der Waals surface area contributed by atoms with Crippen molar-refractivity contribution in [2.24, 2.45) is 4.99 Å². The first kappa shape index (κ1) is 19.8. The molecule has 0 radical (unpaired) electrons. The molecule has 2 aromatic carbocycles. The molecule has 2 atom stereocenters. The Labute approximate surface area is 173 Å². The fourth-order valence-corrected chi connectivity index (χ4v) is 7.49. The first-order valence-electron chi connectivity index (χ1n) is 8.98. The highest BCUT2D eigenvalue weighted by Gasteiger charge is 2.49. The van der Waals surface area contributed by atoms with Gasteiger partial charge in [0.25, 0.3) is 5.91 Å². The number of benzene rings is 2. The summed E-state index contributed by atoms with van der Waals surface area (Å²) in [6.07, 6.45) is 0. The molecular weight excluding hydrogens is 412 g/mol. The van der Waals surface area contributed by atoms with E-state index in [4.69, 9.17) is 9.47 Å². The molecule has 0 saturated carbocycles. The second-order valence-corrected chi connectivity index (χ2v) is 10.1. The van der Waals surface area contributed by atoms with E-state index < -0.39 is 15.7 Å². The molecule has 2 aliphatic rings. The summed E-state index contributed by atoms with van der Waals surface area (Å²) < 4.78 is 34.7. The number of hydrogen-bond donors (Lipinski definition) is 0. The van der Waals surface area contributed by atoms with Crippen LogP contribution in [0.4, 0.5) is 5.69 Å². The molecule has 152 valence electrons. The van der Waals surface area contributed by atoms with E-state index in [0.717, 1.165) is 5.69 Å². The van der Waals surface area contributed by atoms with Crippen LogP contribution in [0.3, 0.4) is 0 Å². The van der Waals surface area contributed by atoms with Gasteiger partial charge in [-0.15, -0.1) is 0 Å². The number of methoxy groups -OCH3 is 2. The van der Waals surface area contributed by atoms with Crippen molar-refractivity contribution < 1.29 is 22.7 Å². The average molecular weight is 433 g/mol. The van der Waals surface area contributed by atoms with Crippen molar-refractivity contribution in [2.75, 3.05) is 30.6 Å². The summed E-state index contributed by atoms with van der Waals surface area (Å²) in [5.74, 6) is 0.702. The minimum absolute atomic E-state index is 0.0587. The van der Waals surface area contributed by atoms with Gasteiger partial charge in [0.05, 0.1) is 31.8 Å². The van der Waals surface area contributed by atoms with Crippen LogP contribution in [0.2, 0.25) is 0 Å². The first-order valence-corrected chi connectivity index (χ1v) is 11.7. The molecule has 7 nitrogen and oxygen atoms in total. The zero-order valence-electron chi connectivity index (χ0n) is 15.9. The quantitative estimate of drug-likeness (QED) is 0.734. The summed E-state index contributed by atoms with van der Waals surface area (Å²) in [7, 11) is -0.0694. The monoisotopic (exact) mass is 432 g/mol. The van der Waals surface area contributed by atoms with Crippen LogP contribution >= 0.6 is 11.8 Å². The molecule has 0 spiro atoms. The number of nitrogens with zero attached hydrogens (tertiary/aromatic N) is 2. The zero-order valence-corrected chi connectivity index (χ0v) is 17.6. The van der Waals surface area contributed by atoms with Crippen LogP contribution in [0, 0.1) is 0 Å². The Hall–Kier alpha value is -2.52. The lowest BCUT2D eigenvalue weighted by Gasteiger charge is -2.24. The van der Waals surface area contributed by atoms with Crippen LogP contribution in [0.15, 0.2) is 53.5 Å². The first-order chi connectivity index (χ1) is 13.9. The third kappa shape index (κ3) is 3.84. The number of hydrogen-bond acceptors (Lipinski definition) is 6. The Kier molecular flexibility index (Phi) is 5.26. The minimum Gasteiger partial charge on any atom is -0.493 e. The molecule has 9 heteroatoms. The molecule has 0 aliphatic carbocycles. The number of carbonyl (C=O) groups excluding carboxylic acids is 1. The molecule has 2 saturated heterocycles. The van der Waals surface area contributed by atoms with Crippen LogP contribution in [-0.2, 0) is 9.84 Å². The maximum atomic E-state index is 12.9. The third-order valence-electron chi connectivity index (χ3n) is 4.93. The fourth-order valence-electron chi connectivity index (χ4n) is 3.58. The number of aliphatic imine (C=N–C) groups is 1. The Balaban J connectivity index is 1.69. The molecule has 2 fully saturated rings. The van der Waals surface area contributed by atoms with E-state index in [1.165, 1.54) is 26.0 Å². The standard InChI is InChI=1S/C20H20N2O5S2/c1-26-16-9-8-13(10-17(16)27-2)19(23)21-20-22(14-6-4-3-5-7-14)15-11-29(24,25)12-18(15)28-20/h3-10,15,18H,11-12H2,1-2H3. The number of amidine groups is 1. The molecule has 4 rings (SSSR count). The normalized spacial score (nSPS) is 23.8. The molecule has 0 aromatic heterocycles. The van der Waals surface area contributed by atoms with E-state index in [2.05, 4.69) is 4.99 Å². The van der Waals surface area contributed by atoms with Crippen LogP contribution < -0.4 is 14.4 Å². The maximum absolute atomic E-state index is 12.9. The number of anilines is 1. The second-order valence-electron chi connectivity index (χ2n) is 6.78.